The topological polar surface area (TPSA) is 52.3 Å². The van der Waals surface area contributed by atoms with E-state index in [1.54, 1.807) is 11.8 Å². The van der Waals surface area contributed by atoms with E-state index < -0.39 is 5.54 Å². The summed E-state index contributed by atoms with van der Waals surface area (Å²) in [5.41, 5.74) is 5.47. The van der Waals surface area contributed by atoms with Crippen LogP contribution in [-0.4, -0.2) is 24.4 Å². The van der Waals surface area contributed by atoms with Crippen LogP contribution in [0.25, 0.3) is 0 Å². The minimum Gasteiger partial charge on any atom is -0.468 e. The Hall–Kier alpha value is -0.710. The van der Waals surface area contributed by atoms with Gasteiger partial charge in [0.1, 0.15) is 5.54 Å². The van der Waals surface area contributed by atoms with Crippen molar-refractivity contribution in [3.05, 3.63) is 29.3 Å². The third kappa shape index (κ3) is 3.48. The predicted octanol–water partition coefficient (Wildman–Crippen LogP) is 3.49. The molecule has 0 bridgehead atoms. The Morgan fingerprint density at radius 1 is 1.50 bits per heavy atom. The van der Waals surface area contributed by atoms with Gasteiger partial charge in [-0.25, -0.2) is 0 Å². The molecule has 110 valence electrons. The molecule has 0 heterocycles. The van der Waals surface area contributed by atoms with Gasteiger partial charge in [-0.1, -0.05) is 18.0 Å². The molecule has 5 heteroatoms. The van der Waals surface area contributed by atoms with Crippen LogP contribution in [-0.2, 0) is 9.53 Å². The molecule has 0 spiro atoms. The molecule has 2 rings (SSSR count). The lowest BCUT2D eigenvalue weighted by atomic mass is 9.86. The van der Waals surface area contributed by atoms with Crippen molar-refractivity contribution in [3.8, 4) is 0 Å². The number of rotatable bonds is 5. The highest BCUT2D eigenvalue weighted by atomic mass is 35.5. The Morgan fingerprint density at radius 3 is 2.85 bits per heavy atom. The zero-order valence-corrected chi connectivity index (χ0v) is 13.2. The summed E-state index contributed by atoms with van der Waals surface area (Å²) in [6.45, 7) is 0. The van der Waals surface area contributed by atoms with E-state index in [4.69, 9.17) is 22.1 Å². The average molecular weight is 314 g/mol. The zero-order valence-electron chi connectivity index (χ0n) is 11.6. The highest BCUT2D eigenvalue weighted by molar-refractivity contribution is 7.99. The van der Waals surface area contributed by atoms with Gasteiger partial charge >= 0.3 is 5.97 Å². The zero-order chi connectivity index (χ0) is 14.6. The van der Waals surface area contributed by atoms with Crippen LogP contribution in [0.3, 0.4) is 0 Å². The molecular formula is C15H20ClNO2S. The highest BCUT2D eigenvalue weighted by Crippen LogP contribution is 2.38. The van der Waals surface area contributed by atoms with Gasteiger partial charge in [0.15, 0.2) is 0 Å². The molecule has 0 aliphatic heterocycles. The minimum absolute atomic E-state index is 0.217. The molecule has 0 aromatic heterocycles. The van der Waals surface area contributed by atoms with E-state index >= 15 is 0 Å². The van der Waals surface area contributed by atoms with Gasteiger partial charge in [-0.15, -0.1) is 11.8 Å². The van der Waals surface area contributed by atoms with Crippen molar-refractivity contribution in [2.75, 3.05) is 12.9 Å². The molecule has 2 unspecified atom stereocenters. The van der Waals surface area contributed by atoms with E-state index in [1.807, 2.05) is 24.3 Å². The van der Waals surface area contributed by atoms with Crippen LogP contribution in [0.1, 0.15) is 25.7 Å². The smallest absolute Gasteiger partial charge is 0.326 e. The quantitative estimate of drug-likeness (QED) is 0.668. The maximum absolute atomic E-state index is 11.8. The highest BCUT2D eigenvalue weighted by Gasteiger charge is 2.46. The number of methoxy groups -OCH3 is 1. The normalized spacial score (nSPS) is 25.6. The fourth-order valence-corrected chi connectivity index (χ4v) is 3.91. The monoisotopic (exact) mass is 313 g/mol. The summed E-state index contributed by atoms with van der Waals surface area (Å²) < 4.78 is 4.86. The molecule has 0 amide bonds. The number of esters is 1. The van der Waals surface area contributed by atoms with Gasteiger partial charge < -0.3 is 10.5 Å². The van der Waals surface area contributed by atoms with Crippen LogP contribution in [0.5, 0.6) is 0 Å². The molecule has 1 fully saturated rings. The Balaban J connectivity index is 1.87. The minimum atomic E-state index is -0.782. The third-order valence-electron chi connectivity index (χ3n) is 3.99. The van der Waals surface area contributed by atoms with Crippen molar-refractivity contribution in [3.63, 3.8) is 0 Å². The summed E-state index contributed by atoms with van der Waals surface area (Å²) in [5.74, 6) is 0.897. The molecule has 1 aromatic carbocycles. The average Bonchev–Trinajstić information content (AvgIpc) is 2.83. The molecule has 1 aliphatic rings. The van der Waals surface area contributed by atoms with Crippen LogP contribution >= 0.6 is 23.4 Å². The summed E-state index contributed by atoms with van der Waals surface area (Å²) in [6.07, 6.45) is 3.67. The summed E-state index contributed by atoms with van der Waals surface area (Å²) in [6, 6.07) is 7.80. The van der Waals surface area contributed by atoms with Crippen molar-refractivity contribution >= 4 is 29.3 Å². The molecule has 1 saturated carbocycles. The molecule has 20 heavy (non-hydrogen) atoms. The number of carbonyl (C=O) groups excluding carboxylic acids is 1. The SMILES string of the molecule is COC(=O)C1(N)CCCC1CCSc1ccc(Cl)cc1. The van der Waals surface area contributed by atoms with Gasteiger partial charge in [0.2, 0.25) is 0 Å². The standard InChI is InChI=1S/C15H20ClNO2S/c1-19-14(18)15(17)9-2-3-11(15)8-10-20-13-6-4-12(16)5-7-13/h4-7,11H,2-3,8-10,17H2,1H3. The number of halogens is 1. The summed E-state index contributed by atoms with van der Waals surface area (Å²) in [7, 11) is 1.41. The number of ether oxygens (including phenoxy) is 1. The lowest BCUT2D eigenvalue weighted by Gasteiger charge is -2.28. The summed E-state index contributed by atoms with van der Waals surface area (Å²) in [5, 5.41) is 0.747. The van der Waals surface area contributed by atoms with E-state index in [0.29, 0.717) is 0 Å². The Kier molecular flexibility index (Phi) is 5.35. The summed E-state index contributed by atoms with van der Waals surface area (Å²) >= 11 is 7.63. The molecule has 3 nitrogen and oxygen atoms in total. The molecular weight excluding hydrogens is 294 g/mol. The van der Waals surface area contributed by atoms with Crippen molar-refractivity contribution in [1.29, 1.82) is 0 Å². The van der Waals surface area contributed by atoms with E-state index in [-0.39, 0.29) is 11.9 Å². The van der Waals surface area contributed by atoms with E-state index in [1.165, 1.54) is 12.0 Å². The van der Waals surface area contributed by atoms with Crippen molar-refractivity contribution in [2.45, 2.75) is 36.1 Å². The number of benzene rings is 1. The Labute approximate surface area is 129 Å². The van der Waals surface area contributed by atoms with E-state index in [9.17, 15) is 4.79 Å². The van der Waals surface area contributed by atoms with Gasteiger partial charge in [-0.3, -0.25) is 4.79 Å². The largest absolute Gasteiger partial charge is 0.468 e. The van der Waals surface area contributed by atoms with E-state index in [2.05, 4.69) is 0 Å². The number of hydrogen-bond acceptors (Lipinski definition) is 4. The van der Waals surface area contributed by atoms with Gasteiger partial charge in [0.25, 0.3) is 0 Å². The van der Waals surface area contributed by atoms with Crippen LogP contribution < -0.4 is 5.73 Å². The first-order chi connectivity index (χ1) is 9.56. The molecule has 2 N–H and O–H groups in total. The molecule has 2 atom stereocenters. The van der Waals surface area contributed by atoms with Crippen LogP contribution in [0.4, 0.5) is 0 Å². The first kappa shape index (κ1) is 15.7. The van der Waals surface area contributed by atoms with Gasteiger partial charge in [0.05, 0.1) is 7.11 Å². The van der Waals surface area contributed by atoms with Crippen molar-refractivity contribution in [1.82, 2.24) is 0 Å². The van der Waals surface area contributed by atoms with Gasteiger partial charge in [-0.2, -0.15) is 0 Å². The predicted molar refractivity (Wildman–Crippen MR) is 83.1 cm³/mol. The van der Waals surface area contributed by atoms with Gasteiger partial charge in [-0.05, 0) is 55.2 Å². The fourth-order valence-electron chi connectivity index (χ4n) is 2.81. The Bertz CT molecular complexity index is 465. The number of carbonyl (C=O) groups is 1. The Morgan fingerprint density at radius 2 is 2.20 bits per heavy atom. The third-order valence-corrected chi connectivity index (χ3v) is 5.28. The molecule has 1 aromatic rings. The lowest BCUT2D eigenvalue weighted by molar-refractivity contribution is -0.148. The number of nitrogens with two attached hydrogens (primary N) is 1. The van der Waals surface area contributed by atoms with Crippen molar-refractivity contribution in [2.24, 2.45) is 11.7 Å². The molecule has 0 saturated heterocycles. The first-order valence-electron chi connectivity index (χ1n) is 6.82. The maximum atomic E-state index is 11.8. The second-order valence-corrected chi connectivity index (χ2v) is 6.82. The van der Waals surface area contributed by atoms with Crippen LogP contribution in [0.2, 0.25) is 5.02 Å². The second kappa shape index (κ2) is 6.83. The number of hydrogen-bond donors (Lipinski definition) is 1. The number of thioether (sulfide) groups is 1. The maximum Gasteiger partial charge on any atom is 0.326 e. The fraction of sp³-hybridized carbons (Fsp3) is 0.533. The van der Waals surface area contributed by atoms with Crippen LogP contribution in [0, 0.1) is 5.92 Å². The van der Waals surface area contributed by atoms with Gasteiger partial charge in [0, 0.05) is 9.92 Å². The van der Waals surface area contributed by atoms with Crippen LogP contribution in [0.15, 0.2) is 29.2 Å². The lowest BCUT2D eigenvalue weighted by Crippen LogP contribution is -2.51. The molecule has 0 radical (unpaired) electrons. The van der Waals surface area contributed by atoms with E-state index in [0.717, 1.165) is 36.5 Å². The summed E-state index contributed by atoms with van der Waals surface area (Å²) in [4.78, 5) is 13.0. The van der Waals surface area contributed by atoms with Crippen molar-refractivity contribution < 1.29 is 9.53 Å². The molecule has 1 aliphatic carbocycles. The first-order valence-corrected chi connectivity index (χ1v) is 8.18. The second-order valence-electron chi connectivity index (χ2n) is 5.21.